The lowest BCUT2D eigenvalue weighted by Crippen LogP contribution is -2.46. The molecule has 0 aliphatic heterocycles. The molecule has 0 saturated carbocycles. The number of carbonyl (C=O) groups excluding carboxylic acids is 2. The van der Waals surface area contributed by atoms with Gasteiger partial charge >= 0.3 is 11.9 Å². The SMILES string of the molecule is CCOC(=O)C1(C(=O)OCC)CC(=C=C(c2ccc(C)cc2)c2ccc(C)cc2)c2cc(OC)ccc2C1. The maximum Gasteiger partial charge on any atom is 0.324 e. The third-order valence-electron chi connectivity index (χ3n) is 6.90. The van der Waals surface area contributed by atoms with E-state index >= 15 is 0 Å². The largest absolute Gasteiger partial charge is 0.497 e. The molecule has 0 unspecified atom stereocenters. The van der Waals surface area contributed by atoms with Crippen molar-refractivity contribution in [2.45, 2.75) is 40.5 Å². The van der Waals surface area contributed by atoms with Crippen LogP contribution in [-0.2, 0) is 25.5 Å². The molecule has 0 spiro atoms. The van der Waals surface area contributed by atoms with Crippen LogP contribution in [0.1, 0.15) is 53.6 Å². The maximum absolute atomic E-state index is 13.4. The van der Waals surface area contributed by atoms with Crippen LogP contribution in [0.25, 0.3) is 11.1 Å². The van der Waals surface area contributed by atoms with Crippen molar-refractivity contribution >= 4 is 23.1 Å². The molecule has 4 rings (SSSR count). The van der Waals surface area contributed by atoms with E-state index in [0.717, 1.165) is 44.5 Å². The van der Waals surface area contributed by atoms with Crippen molar-refractivity contribution < 1.29 is 23.8 Å². The fraction of sp³-hybridized carbons (Fsp3) is 0.303. The van der Waals surface area contributed by atoms with Gasteiger partial charge in [-0.3, -0.25) is 9.59 Å². The molecule has 0 aromatic heterocycles. The normalized spacial score (nSPS) is 13.7. The quantitative estimate of drug-likeness (QED) is 0.207. The van der Waals surface area contributed by atoms with E-state index in [1.165, 1.54) is 0 Å². The topological polar surface area (TPSA) is 61.8 Å². The van der Waals surface area contributed by atoms with Crippen LogP contribution in [-0.4, -0.2) is 32.3 Å². The average Bonchev–Trinajstić information content (AvgIpc) is 2.92. The summed E-state index contributed by atoms with van der Waals surface area (Å²) in [6.07, 6.45) is 0.283. The van der Waals surface area contributed by atoms with Crippen LogP contribution < -0.4 is 4.74 Å². The van der Waals surface area contributed by atoms with E-state index < -0.39 is 17.4 Å². The Morgan fingerprint density at radius 2 is 1.32 bits per heavy atom. The third kappa shape index (κ3) is 5.44. The lowest BCUT2D eigenvalue weighted by Gasteiger charge is -2.34. The van der Waals surface area contributed by atoms with Gasteiger partial charge in [0.05, 0.1) is 20.3 Å². The first-order chi connectivity index (χ1) is 18.3. The van der Waals surface area contributed by atoms with Crippen LogP contribution in [0.3, 0.4) is 0 Å². The Kier molecular flexibility index (Phi) is 8.19. The molecule has 0 radical (unpaired) electrons. The van der Waals surface area contributed by atoms with Gasteiger partial charge in [-0.05, 0) is 62.1 Å². The number of esters is 2. The van der Waals surface area contributed by atoms with Crippen LogP contribution in [0.4, 0.5) is 0 Å². The van der Waals surface area contributed by atoms with Crippen molar-refractivity contribution in [3.05, 3.63) is 106 Å². The Morgan fingerprint density at radius 1 is 0.789 bits per heavy atom. The number of hydrogen-bond acceptors (Lipinski definition) is 5. The Morgan fingerprint density at radius 3 is 1.79 bits per heavy atom. The predicted octanol–water partition coefficient (Wildman–Crippen LogP) is 6.49. The van der Waals surface area contributed by atoms with E-state index in [0.29, 0.717) is 5.75 Å². The lowest BCUT2D eigenvalue weighted by molar-refractivity contribution is -0.172. The third-order valence-corrected chi connectivity index (χ3v) is 6.90. The second kappa shape index (κ2) is 11.5. The highest BCUT2D eigenvalue weighted by Gasteiger charge is 2.52. The van der Waals surface area contributed by atoms with E-state index in [4.69, 9.17) is 14.2 Å². The molecule has 5 heteroatoms. The van der Waals surface area contributed by atoms with Gasteiger partial charge < -0.3 is 14.2 Å². The summed E-state index contributed by atoms with van der Waals surface area (Å²) in [5.74, 6) is -0.465. The summed E-state index contributed by atoms with van der Waals surface area (Å²) in [7, 11) is 1.62. The second-order valence-electron chi connectivity index (χ2n) is 9.61. The smallest absolute Gasteiger partial charge is 0.324 e. The zero-order valence-electron chi connectivity index (χ0n) is 22.7. The standard InChI is InChI=1S/C33H34O5/c1-6-37-31(34)33(32(35)38-7-2)20-26-16-17-28(36-5)19-30(26)27(21-33)18-29(24-12-8-22(3)9-13-24)25-14-10-23(4)11-15-25/h8-17,19H,6-7,20-21H2,1-5H3. The predicted molar refractivity (Wildman–Crippen MR) is 149 cm³/mol. The highest BCUT2D eigenvalue weighted by atomic mass is 16.6. The Balaban J connectivity index is 2.05. The summed E-state index contributed by atoms with van der Waals surface area (Å²) in [6.45, 7) is 7.91. The molecule has 5 nitrogen and oxygen atoms in total. The zero-order chi connectivity index (χ0) is 27.3. The van der Waals surface area contributed by atoms with E-state index in [-0.39, 0.29) is 26.1 Å². The first-order valence-corrected chi connectivity index (χ1v) is 13.0. The highest BCUT2D eigenvalue weighted by molar-refractivity contribution is 6.03. The number of methoxy groups -OCH3 is 1. The first-order valence-electron chi connectivity index (χ1n) is 13.0. The van der Waals surface area contributed by atoms with Gasteiger partial charge in [0.25, 0.3) is 0 Å². The number of allylic oxidation sites excluding steroid dienone is 1. The lowest BCUT2D eigenvalue weighted by atomic mass is 9.69. The molecule has 38 heavy (non-hydrogen) atoms. The fourth-order valence-corrected chi connectivity index (χ4v) is 4.83. The van der Waals surface area contributed by atoms with Crippen LogP contribution in [0.15, 0.2) is 72.5 Å². The number of carbonyl (C=O) groups is 2. The van der Waals surface area contributed by atoms with Crippen molar-refractivity contribution in [3.63, 3.8) is 0 Å². The number of rotatable bonds is 7. The van der Waals surface area contributed by atoms with E-state index in [2.05, 4.69) is 54.3 Å². The maximum atomic E-state index is 13.4. The van der Waals surface area contributed by atoms with Crippen LogP contribution in [0, 0.1) is 19.3 Å². The van der Waals surface area contributed by atoms with Gasteiger partial charge in [0.15, 0.2) is 5.41 Å². The van der Waals surface area contributed by atoms with Gasteiger partial charge in [-0.25, -0.2) is 0 Å². The Bertz CT molecular complexity index is 1320. The van der Waals surface area contributed by atoms with E-state index in [1.807, 2.05) is 32.0 Å². The molecular weight excluding hydrogens is 476 g/mol. The van der Waals surface area contributed by atoms with Crippen molar-refractivity contribution in [1.29, 1.82) is 0 Å². The van der Waals surface area contributed by atoms with Crippen LogP contribution >= 0.6 is 0 Å². The summed E-state index contributed by atoms with van der Waals surface area (Å²) >= 11 is 0. The molecule has 3 aromatic carbocycles. The second-order valence-corrected chi connectivity index (χ2v) is 9.61. The Labute approximate surface area is 224 Å². The van der Waals surface area contributed by atoms with Gasteiger partial charge in [0, 0.05) is 24.0 Å². The van der Waals surface area contributed by atoms with Gasteiger partial charge in [0.2, 0.25) is 0 Å². The number of fused-ring (bicyclic) bond motifs is 1. The zero-order valence-corrected chi connectivity index (χ0v) is 22.7. The molecule has 0 saturated heterocycles. The molecule has 0 bridgehead atoms. The molecule has 196 valence electrons. The van der Waals surface area contributed by atoms with Gasteiger partial charge in [-0.15, -0.1) is 5.73 Å². The van der Waals surface area contributed by atoms with Gasteiger partial charge in [0.1, 0.15) is 5.75 Å². The van der Waals surface area contributed by atoms with Crippen LogP contribution in [0.5, 0.6) is 5.75 Å². The summed E-state index contributed by atoms with van der Waals surface area (Å²) < 4.78 is 16.4. The molecule has 3 aromatic rings. The highest BCUT2D eigenvalue weighted by Crippen LogP contribution is 2.45. The average molecular weight is 511 g/mol. The minimum absolute atomic E-state index is 0.103. The van der Waals surface area contributed by atoms with Crippen molar-refractivity contribution in [1.82, 2.24) is 0 Å². The summed E-state index contributed by atoms with van der Waals surface area (Å²) in [6, 6.07) is 22.2. The molecular formula is C33H34O5. The van der Waals surface area contributed by atoms with Gasteiger partial charge in [-0.2, -0.15) is 0 Å². The van der Waals surface area contributed by atoms with E-state index in [1.54, 1.807) is 21.0 Å². The molecule has 1 aliphatic carbocycles. The van der Waals surface area contributed by atoms with Crippen molar-refractivity contribution in [2.24, 2.45) is 5.41 Å². The van der Waals surface area contributed by atoms with Crippen molar-refractivity contribution in [2.75, 3.05) is 20.3 Å². The van der Waals surface area contributed by atoms with E-state index in [9.17, 15) is 9.59 Å². The minimum Gasteiger partial charge on any atom is -0.497 e. The monoisotopic (exact) mass is 510 g/mol. The summed E-state index contributed by atoms with van der Waals surface area (Å²) in [5, 5.41) is 0. The Hall–Kier alpha value is -4.08. The summed E-state index contributed by atoms with van der Waals surface area (Å²) in [5.41, 5.74) is 9.76. The fourth-order valence-electron chi connectivity index (χ4n) is 4.83. The minimum atomic E-state index is -1.50. The van der Waals surface area contributed by atoms with Crippen LogP contribution in [0.2, 0.25) is 0 Å². The number of ether oxygens (including phenoxy) is 3. The number of hydrogen-bond donors (Lipinski definition) is 0. The number of benzene rings is 3. The van der Waals surface area contributed by atoms with Crippen molar-refractivity contribution in [3.8, 4) is 5.75 Å². The molecule has 0 heterocycles. The molecule has 0 N–H and O–H groups in total. The molecule has 0 atom stereocenters. The first kappa shape index (κ1) is 27.0. The number of aryl methyl sites for hydroxylation is 2. The molecule has 0 amide bonds. The molecule has 0 fully saturated rings. The molecule has 1 aliphatic rings. The summed E-state index contributed by atoms with van der Waals surface area (Å²) in [4.78, 5) is 26.8. The van der Waals surface area contributed by atoms with Gasteiger partial charge in [-0.1, -0.05) is 65.7 Å².